The molecule has 0 unspecified atom stereocenters. The second-order valence-corrected chi connectivity index (χ2v) is 4.98. The van der Waals surface area contributed by atoms with Gasteiger partial charge in [0.1, 0.15) is 6.54 Å². The molecule has 1 aliphatic rings. The molecule has 0 N–H and O–H groups in total. The van der Waals surface area contributed by atoms with Gasteiger partial charge in [-0.25, -0.2) is 8.42 Å². The van der Waals surface area contributed by atoms with Crippen LogP contribution in [0.1, 0.15) is 12.8 Å². The minimum Gasteiger partial charge on any atom is -0.212 e. The number of rotatable bonds is 3. The molecule has 0 aromatic carbocycles. The van der Waals surface area contributed by atoms with Crippen molar-refractivity contribution in [2.45, 2.75) is 18.1 Å². The van der Waals surface area contributed by atoms with Gasteiger partial charge in [0.2, 0.25) is 10.0 Å². The summed E-state index contributed by atoms with van der Waals surface area (Å²) in [5, 5.41) is 8.04. The van der Waals surface area contributed by atoms with Crippen molar-refractivity contribution in [3.8, 4) is 6.07 Å². The minimum atomic E-state index is -3.12. The van der Waals surface area contributed by atoms with Crippen LogP contribution in [-0.4, -0.2) is 31.6 Å². The predicted octanol–water partition coefficient (Wildman–Crippen LogP) is -0.0660. The van der Waals surface area contributed by atoms with E-state index >= 15 is 0 Å². The van der Waals surface area contributed by atoms with E-state index in [1.165, 1.54) is 7.05 Å². The zero-order valence-electron chi connectivity index (χ0n) is 6.32. The van der Waals surface area contributed by atoms with E-state index in [4.69, 9.17) is 5.26 Å². The van der Waals surface area contributed by atoms with Crippen LogP contribution < -0.4 is 0 Å². The molecule has 0 bridgehead atoms. The van der Waals surface area contributed by atoms with Gasteiger partial charge in [-0.1, -0.05) is 0 Å². The Bertz CT molecular complexity index is 273. The Morgan fingerprint density at radius 2 is 2.18 bits per heavy atom. The van der Waals surface area contributed by atoms with Gasteiger partial charge in [-0.05, 0) is 12.8 Å². The smallest absolute Gasteiger partial charge is 0.212 e. The lowest BCUT2D eigenvalue weighted by Gasteiger charge is -2.11. The molecule has 1 rings (SSSR count). The highest BCUT2D eigenvalue weighted by Crippen LogP contribution is 2.29. The van der Waals surface area contributed by atoms with Crippen LogP contribution in [0.25, 0.3) is 0 Å². The molecule has 1 fully saturated rings. The van der Waals surface area contributed by atoms with Crippen LogP contribution >= 0.6 is 0 Å². The molecule has 5 heteroatoms. The maximum absolute atomic E-state index is 11.3. The average Bonchev–Trinajstić information content (AvgIpc) is 2.68. The van der Waals surface area contributed by atoms with Gasteiger partial charge in [-0.3, -0.25) is 0 Å². The Morgan fingerprint density at radius 1 is 1.64 bits per heavy atom. The molecule has 0 atom stereocenters. The zero-order valence-corrected chi connectivity index (χ0v) is 7.13. The van der Waals surface area contributed by atoms with E-state index in [1.807, 2.05) is 0 Å². The van der Waals surface area contributed by atoms with Crippen molar-refractivity contribution in [2.24, 2.45) is 0 Å². The molecule has 0 heterocycles. The SMILES string of the molecule is CN(CC#N)S(=O)(=O)C1CC1. The second kappa shape index (κ2) is 2.80. The van der Waals surface area contributed by atoms with Crippen molar-refractivity contribution in [2.75, 3.05) is 13.6 Å². The molecule has 0 aromatic heterocycles. The molecule has 11 heavy (non-hydrogen) atoms. The number of sulfonamides is 1. The van der Waals surface area contributed by atoms with E-state index < -0.39 is 10.0 Å². The third kappa shape index (κ3) is 1.70. The summed E-state index contributed by atoms with van der Waals surface area (Å²) in [6.45, 7) is -0.0428. The number of nitrogens with zero attached hydrogens (tertiary/aromatic N) is 2. The highest BCUT2D eigenvalue weighted by atomic mass is 32.2. The van der Waals surface area contributed by atoms with Crippen LogP contribution in [0.4, 0.5) is 0 Å². The molecule has 1 aliphatic carbocycles. The Hall–Kier alpha value is -0.600. The first-order valence-electron chi connectivity index (χ1n) is 3.41. The maximum atomic E-state index is 11.3. The van der Waals surface area contributed by atoms with E-state index in [0.717, 1.165) is 17.1 Å². The van der Waals surface area contributed by atoms with Crippen LogP contribution in [0.2, 0.25) is 0 Å². The fraction of sp³-hybridized carbons (Fsp3) is 0.833. The first kappa shape index (κ1) is 8.50. The molecular weight excluding hydrogens is 164 g/mol. The largest absolute Gasteiger partial charge is 0.217 e. The number of hydrogen-bond donors (Lipinski definition) is 0. The van der Waals surface area contributed by atoms with Crippen molar-refractivity contribution in [3.63, 3.8) is 0 Å². The molecule has 4 nitrogen and oxygen atoms in total. The zero-order chi connectivity index (χ0) is 8.48. The van der Waals surface area contributed by atoms with E-state index in [9.17, 15) is 8.42 Å². The van der Waals surface area contributed by atoms with Crippen molar-refractivity contribution in [1.29, 1.82) is 5.26 Å². The highest BCUT2D eigenvalue weighted by molar-refractivity contribution is 7.90. The fourth-order valence-corrected chi connectivity index (χ4v) is 2.29. The third-order valence-electron chi connectivity index (χ3n) is 1.67. The molecule has 62 valence electrons. The normalized spacial score (nSPS) is 18.3. The van der Waals surface area contributed by atoms with Gasteiger partial charge in [0.15, 0.2) is 0 Å². The molecule has 0 spiro atoms. The van der Waals surface area contributed by atoms with Crippen LogP contribution in [-0.2, 0) is 10.0 Å². The Balaban J connectivity index is 2.65. The maximum Gasteiger partial charge on any atom is 0.217 e. The lowest BCUT2D eigenvalue weighted by molar-refractivity contribution is 0.500. The standard InChI is InChI=1S/C6H10N2O2S/c1-8(5-4-7)11(9,10)6-2-3-6/h6H,2-3,5H2,1H3. The summed E-state index contributed by atoms with van der Waals surface area (Å²) < 4.78 is 23.6. The van der Waals surface area contributed by atoms with Crippen molar-refractivity contribution < 1.29 is 8.42 Å². The Kier molecular flexibility index (Phi) is 2.16. The molecule has 0 aliphatic heterocycles. The summed E-state index contributed by atoms with van der Waals surface area (Å²) >= 11 is 0. The van der Waals surface area contributed by atoms with Crippen molar-refractivity contribution >= 4 is 10.0 Å². The highest BCUT2D eigenvalue weighted by Gasteiger charge is 2.38. The second-order valence-electron chi connectivity index (χ2n) is 2.66. The average molecular weight is 174 g/mol. The predicted molar refractivity (Wildman–Crippen MR) is 40.2 cm³/mol. The van der Waals surface area contributed by atoms with Crippen molar-refractivity contribution in [1.82, 2.24) is 4.31 Å². The first-order chi connectivity index (χ1) is 5.09. The molecule has 0 radical (unpaired) electrons. The van der Waals surface area contributed by atoms with Crippen molar-refractivity contribution in [3.05, 3.63) is 0 Å². The monoisotopic (exact) mass is 174 g/mol. The van der Waals surface area contributed by atoms with E-state index in [2.05, 4.69) is 0 Å². The first-order valence-corrected chi connectivity index (χ1v) is 4.91. The van der Waals surface area contributed by atoms with Gasteiger partial charge < -0.3 is 0 Å². The summed E-state index contributed by atoms with van der Waals surface area (Å²) in [6, 6.07) is 1.80. The molecular formula is C6H10N2O2S. The molecule has 0 amide bonds. The van der Waals surface area contributed by atoms with Gasteiger partial charge in [-0.2, -0.15) is 9.57 Å². The summed E-state index contributed by atoms with van der Waals surface area (Å²) in [6.07, 6.45) is 1.50. The van der Waals surface area contributed by atoms with Crippen LogP contribution in [0, 0.1) is 11.3 Å². The van der Waals surface area contributed by atoms with E-state index in [1.54, 1.807) is 6.07 Å². The fourth-order valence-electron chi connectivity index (χ4n) is 0.810. The lowest BCUT2D eigenvalue weighted by atomic mass is 10.7. The van der Waals surface area contributed by atoms with Crippen LogP contribution in [0.3, 0.4) is 0 Å². The van der Waals surface area contributed by atoms with Gasteiger partial charge in [0, 0.05) is 7.05 Å². The van der Waals surface area contributed by atoms with E-state index in [-0.39, 0.29) is 11.8 Å². The van der Waals surface area contributed by atoms with Gasteiger partial charge in [0.05, 0.1) is 11.3 Å². The molecule has 0 saturated heterocycles. The van der Waals surface area contributed by atoms with Gasteiger partial charge >= 0.3 is 0 Å². The van der Waals surface area contributed by atoms with Crippen LogP contribution in [0.15, 0.2) is 0 Å². The lowest BCUT2D eigenvalue weighted by Crippen LogP contribution is -2.30. The summed E-state index contributed by atoms with van der Waals surface area (Å²) in [4.78, 5) is 0. The summed E-state index contributed by atoms with van der Waals surface area (Å²) in [5.74, 6) is 0. The summed E-state index contributed by atoms with van der Waals surface area (Å²) in [5.41, 5.74) is 0. The topological polar surface area (TPSA) is 61.2 Å². The summed E-state index contributed by atoms with van der Waals surface area (Å²) in [7, 11) is -1.68. The Labute approximate surface area is 66.5 Å². The van der Waals surface area contributed by atoms with Gasteiger partial charge in [0.25, 0.3) is 0 Å². The Morgan fingerprint density at radius 3 is 2.55 bits per heavy atom. The van der Waals surface area contributed by atoms with Gasteiger partial charge in [-0.15, -0.1) is 0 Å². The molecule has 0 aromatic rings. The van der Waals surface area contributed by atoms with E-state index in [0.29, 0.717) is 0 Å². The minimum absolute atomic E-state index is 0.0428. The number of nitriles is 1. The number of hydrogen-bond acceptors (Lipinski definition) is 3. The van der Waals surface area contributed by atoms with Crippen LogP contribution in [0.5, 0.6) is 0 Å². The molecule has 1 saturated carbocycles. The third-order valence-corrected chi connectivity index (χ3v) is 3.99. The quantitative estimate of drug-likeness (QED) is 0.563.